The maximum atomic E-state index is 11.5. The average Bonchev–Trinajstić information content (AvgIpc) is 2.65. The van der Waals surface area contributed by atoms with E-state index in [2.05, 4.69) is 44.9 Å². The summed E-state index contributed by atoms with van der Waals surface area (Å²) in [4.78, 5) is 16.0. The van der Waals surface area contributed by atoms with Crippen LogP contribution in [0.25, 0.3) is 0 Å². The van der Waals surface area contributed by atoms with Crippen molar-refractivity contribution in [1.82, 2.24) is 10.3 Å². The van der Waals surface area contributed by atoms with Crippen LogP contribution in [0.3, 0.4) is 0 Å². The Bertz CT molecular complexity index is 407. The summed E-state index contributed by atoms with van der Waals surface area (Å²) in [6.07, 6.45) is 0. The third-order valence-corrected chi connectivity index (χ3v) is 3.76. The number of nitrogens with zero attached hydrogens (tertiary/aromatic N) is 1. The summed E-state index contributed by atoms with van der Waals surface area (Å²) in [5.74, 6) is 0.0916. The van der Waals surface area contributed by atoms with Crippen molar-refractivity contribution in [2.24, 2.45) is 11.7 Å². The first-order chi connectivity index (χ1) is 8.21. The van der Waals surface area contributed by atoms with E-state index in [9.17, 15) is 4.79 Å². The summed E-state index contributed by atoms with van der Waals surface area (Å²) < 4.78 is 0. The van der Waals surface area contributed by atoms with Crippen LogP contribution < -0.4 is 11.1 Å². The van der Waals surface area contributed by atoms with Crippen LogP contribution in [0.15, 0.2) is 5.38 Å². The predicted octanol–water partition coefficient (Wildman–Crippen LogP) is 2.21. The molecule has 0 saturated heterocycles. The van der Waals surface area contributed by atoms with Gasteiger partial charge < -0.3 is 11.1 Å². The van der Waals surface area contributed by atoms with Crippen LogP contribution in [-0.4, -0.2) is 17.4 Å². The highest BCUT2D eigenvalue weighted by molar-refractivity contribution is 7.09. The molecule has 4 nitrogen and oxygen atoms in total. The zero-order valence-electron chi connectivity index (χ0n) is 11.8. The van der Waals surface area contributed by atoms with Crippen LogP contribution in [-0.2, 0) is 10.2 Å². The second-order valence-electron chi connectivity index (χ2n) is 5.97. The largest absolute Gasteiger partial charge is 0.368 e. The fourth-order valence-corrected chi connectivity index (χ4v) is 2.40. The fourth-order valence-electron chi connectivity index (χ4n) is 1.47. The summed E-state index contributed by atoms with van der Waals surface area (Å²) in [5, 5.41) is 6.11. The van der Waals surface area contributed by atoms with Crippen LogP contribution in [0.1, 0.15) is 51.4 Å². The number of hydrogen-bond donors (Lipinski definition) is 2. The van der Waals surface area contributed by atoms with Gasteiger partial charge in [-0.15, -0.1) is 11.3 Å². The van der Waals surface area contributed by atoms with Crippen molar-refractivity contribution < 1.29 is 4.79 Å². The van der Waals surface area contributed by atoms with Crippen molar-refractivity contribution in [2.45, 2.75) is 46.1 Å². The van der Waals surface area contributed by atoms with Gasteiger partial charge in [0.05, 0.1) is 10.7 Å². The summed E-state index contributed by atoms with van der Waals surface area (Å²) in [5.41, 5.74) is 6.17. The van der Waals surface area contributed by atoms with Crippen LogP contribution in [0.4, 0.5) is 0 Å². The van der Waals surface area contributed by atoms with E-state index in [0.717, 1.165) is 17.2 Å². The first kappa shape index (κ1) is 15.1. The molecule has 1 unspecified atom stereocenters. The van der Waals surface area contributed by atoms with Crippen molar-refractivity contribution in [3.63, 3.8) is 0 Å². The molecule has 1 amide bonds. The van der Waals surface area contributed by atoms with Gasteiger partial charge in [0.25, 0.3) is 0 Å². The van der Waals surface area contributed by atoms with E-state index in [1.807, 2.05) is 5.38 Å². The molecular formula is C13H23N3OS. The number of rotatable bonds is 5. The lowest BCUT2D eigenvalue weighted by molar-refractivity contribution is -0.120. The SMILES string of the molecule is CC(C)CNC(C(N)=O)c1csc(C(C)(C)C)n1. The van der Waals surface area contributed by atoms with Crippen LogP contribution in [0, 0.1) is 5.92 Å². The van der Waals surface area contributed by atoms with Crippen molar-refractivity contribution in [3.8, 4) is 0 Å². The van der Waals surface area contributed by atoms with Gasteiger partial charge >= 0.3 is 0 Å². The minimum atomic E-state index is -0.486. The molecule has 0 spiro atoms. The van der Waals surface area contributed by atoms with Crippen molar-refractivity contribution in [3.05, 3.63) is 16.1 Å². The Labute approximate surface area is 113 Å². The second kappa shape index (κ2) is 5.80. The van der Waals surface area contributed by atoms with Gasteiger partial charge in [-0.25, -0.2) is 4.98 Å². The number of carbonyl (C=O) groups is 1. The number of amides is 1. The Balaban J connectivity index is 2.87. The smallest absolute Gasteiger partial charge is 0.240 e. The van der Waals surface area contributed by atoms with Gasteiger partial charge in [-0.3, -0.25) is 4.79 Å². The molecule has 1 aromatic rings. The quantitative estimate of drug-likeness (QED) is 0.861. The molecule has 1 heterocycles. The number of nitrogens with one attached hydrogen (secondary N) is 1. The molecular weight excluding hydrogens is 246 g/mol. The fraction of sp³-hybridized carbons (Fsp3) is 0.692. The van der Waals surface area contributed by atoms with Gasteiger partial charge in [0.1, 0.15) is 6.04 Å². The van der Waals surface area contributed by atoms with Gasteiger partial charge in [0.15, 0.2) is 0 Å². The number of nitrogens with two attached hydrogens (primary N) is 1. The molecule has 0 fully saturated rings. The Morgan fingerprint density at radius 1 is 1.50 bits per heavy atom. The van der Waals surface area contributed by atoms with E-state index in [4.69, 9.17) is 5.73 Å². The maximum Gasteiger partial charge on any atom is 0.240 e. The summed E-state index contributed by atoms with van der Waals surface area (Å²) >= 11 is 1.58. The highest BCUT2D eigenvalue weighted by Gasteiger charge is 2.24. The molecule has 1 atom stereocenters. The summed E-state index contributed by atoms with van der Waals surface area (Å²) in [6, 6.07) is -0.486. The lowest BCUT2D eigenvalue weighted by atomic mass is 9.98. The highest BCUT2D eigenvalue weighted by Crippen LogP contribution is 2.27. The molecule has 0 aromatic carbocycles. The van der Waals surface area contributed by atoms with Crippen molar-refractivity contribution in [2.75, 3.05) is 6.54 Å². The number of primary amides is 1. The third kappa shape index (κ3) is 4.07. The first-order valence-electron chi connectivity index (χ1n) is 6.20. The van der Waals surface area contributed by atoms with E-state index >= 15 is 0 Å². The van der Waals surface area contributed by atoms with Gasteiger partial charge in [-0.2, -0.15) is 0 Å². The minimum absolute atomic E-state index is 0.00314. The number of thiazole rings is 1. The Morgan fingerprint density at radius 3 is 2.50 bits per heavy atom. The molecule has 102 valence electrons. The molecule has 0 aliphatic rings. The normalized spacial score (nSPS) is 13.9. The molecule has 0 bridgehead atoms. The topological polar surface area (TPSA) is 68.0 Å². The van der Waals surface area contributed by atoms with Gasteiger partial charge in [-0.05, 0) is 12.5 Å². The number of aromatic nitrogens is 1. The van der Waals surface area contributed by atoms with E-state index < -0.39 is 6.04 Å². The Morgan fingerprint density at radius 2 is 2.11 bits per heavy atom. The van der Waals surface area contributed by atoms with Gasteiger partial charge in [-0.1, -0.05) is 34.6 Å². The van der Waals surface area contributed by atoms with E-state index in [1.165, 1.54) is 0 Å². The Kier molecular flexibility index (Phi) is 4.87. The predicted molar refractivity (Wildman–Crippen MR) is 75.6 cm³/mol. The lowest BCUT2D eigenvalue weighted by Gasteiger charge is -2.16. The van der Waals surface area contributed by atoms with E-state index in [1.54, 1.807) is 11.3 Å². The Hall–Kier alpha value is -0.940. The molecule has 3 N–H and O–H groups in total. The second-order valence-corrected chi connectivity index (χ2v) is 6.82. The van der Waals surface area contributed by atoms with Crippen LogP contribution in [0.5, 0.6) is 0 Å². The molecule has 1 aromatic heterocycles. The summed E-state index contributed by atoms with van der Waals surface area (Å²) in [7, 11) is 0. The minimum Gasteiger partial charge on any atom is -0.368 e. The highest BCUT2D eigenvalue weighted by atomic mass is 32.1. The number of carbonyl (C=O) groups excluding carboxylic acids is 1. The van der Waals surface area contributed by atoms with Crippen LogP contribution in [0.2, 0.25) is 0 Å². The van der Waals surface area contributed by atoms with E-state index in [-0.39, 0.29) is 11.3 Å². The monoisotopic (exact) mass is 269 g/mol. The molecule has 5 heteroatoms. The molecule has 0 aliphatic carbocycles. The van der Waals surface area contributed by atoms with Crippen molar-refractivity contribution >= 4 is 17.2 Å². The number of hydrogen-bond acceptors (Lipinski definition) is 4. The zero-order chi connectivity index (χ0) is 13.9. The van der Waals surface area contributed by atoms with Gasteiger partial charge in [0.2, 0.25) is 5.91 Å². The van der Waals surface area contributed by atoms with E-state index in [0.29, 0.717) is 5.92 Å². The summed E-state index contributed by atoms with van der Waals surface area (Å²) in [6.45, 7) is 11.2. The molecule has 0 aliphatic heterocycles. The molecule has 18 heavy (non-hydrogen) atoms. The first-order valence-corrected chi connectivity index (χ1v) is 7.08. The third-order valence-electron chi connectivity index (χ3n) is 2.47. The maximum absolute atomic E-state index is 11.5. The molecule has 0 saturated carbocycles. The zero-order valence-corrected chi connectivity index (χ0v) is 12.6. The lowest BCUT2D eigenvalue weighted by Crippen LogP contribution is -2.35. The van der Waals surface area contributed by atoms with Gasteiger partial charge in [0, 0.05) is 10.8 Å². The van der Waals surface area contributed by atoms with Crippen LogP contribution >= 0.6 is 11.3 Å². The standard InChI is InChI=1S/C13H23N3OS/c1-8(2)6-15-10(11(14)17)9-7-18-12(16-9)13(3,4)5/h7-8,10,15H,6H2,1-5H3,(H2,14,17). The van der Waals surface area contributed by atoms with Crippen molar-refractivity contribution in [1.29, 1.82) is 0 Å². The average molecular weight is 269 g/mol. The molecule has 1 rings (SSSR count). The molecule has 0 radical (unpaired) electrons.